The van der Waals surface area contributed by atoms with Crippen molar-refractivity contribution in [3.63, 3.8) is 0 Å². The SMILES string of the molecule is CCCNC(=O)CN(C)C1CCCC1N. The molecule has 0 aromatic carbocycles. The number of hydrogen-bond acceptors (Lipinski definition) is 3. The van der Waals surface area contributed by atoms with E-state index in [4.69, 9.17) is 5.73 Å². The minimum atomic E-state index is 0.110. The Labute approximate surface area is 92.2 Å². The molecule has 0 radical (unpaired) electrons. The maximum absolute atomic E-state index is 11.5. The monoisotopic (exact) mass is 213 g/mol. The van der Waals surface area contributed by atoms with Gasteiger partial charge < -0.3 is 11.1 Å². The molecule has 1 aliphatic rings. The number of carbonyl (C=O) groups is 1. The highest BCUT2D eigenvalue weighted by Crippen LogP contribution is 2.21. The van der Waals surface area contributed by atoms with Crippen LogP contribution in [0.3, 0.4) is 0 Å². The number of rotatable bonds is 5. The topological polar surface area (TPSA) is 58.4 Å². The van der Waals surface area contributed by atoms with E-state index in [-0.39, 0.29) is 11.9 Å². The third-order valence-electron chi connectivity index (χ3n) is 3.06. The lowest BCUT2D eigenvalue weighted by Crippen LogP contribution is -2.46. The van der Waals surface area contributed by atoms with Gasteiger partial charge in [-0.3, -0.25) is 9.69 Å². The molecule has 1 rings (SSSR count). The van der Waals surface area contributed by atoms with Crippen LogP contribution in [0, 0.1) is 0 Å². The molecule has 1 aliphatic carbocycles. The molecule has 0 bridgehead atoms. The molecule has 2 atom stereocenters. The summed E-state index contributed by atoms with van der Waals surface area (Å²) in [5, 5.41) is 2.88. The van der Waals surface area contributed by atoms with Crippen molar-refractivity contribution < 1.29 is 4.79 Å². The van der Waals surface area contributed by atoms with Crippen molar-refractivity contribution in [3.8, 4) is 0 Å². The Hall–Kier alpha value is -0.610. The average molecular weight is 213 g/mol. The van der Waals surface area contributed by atoms with Crippen LogP contribution >= 0.6 is 0 Å². The molecule has 0 saturated heterocycles. The van der Waals surface area contributed by atoms with E-state index < -0.39 is 0 Å². The second kappa shape index (κ2) is 6.08. The highest BCUT2D eigenvalue weighted by Gasteiger charge is 2.28. The Morgan fingerprint density at radius 2 is 2.27 bits per heavy atom. The number of nitrogens with two attached hydrogens (primary N) is 1. The van der Waals surface area contributed by atoms with Gasteiger partial charge in [0.25, 0.3) is 0 Å². The first-order chi connectivity index (χ1) is 7.15. The molecule has 2 unspecified atom stereocenters. The number of likely N-dealkylation sites (N-methyl/N-ethyl adjacent to an activating group) is 1. The lowest BCUT2D eigenvalue weighted by Gasteiger charge is -2.26. The summed E-state index contributed by atoms with van der Waals surface area (Å²) in [5.41, 5.74) is 5.98. The van der Waals surface area contributed by atoms with Gasteiger partial charge in [-0.1, -0.05) is 13.3 Å². The lowest BCUT2D eigenvalue weighted by molar-refractivity contribution is -0.122. The highest BCUT2D eigenvalue weighted by atomic mass is 16.2. The van der Waals surface area contributed by atoms with Gasteiger partial charge in [0.05, 0.1) is 6.54 Å². The zero-order chi connectivity index (χ0) is 11.3. The smallest absolute Gasteiger partial charge is 0.234 e. The summed E-state index contributed by atoms with van der Waals surface area (Å²) in [7, 11) is 1.99. The summed E-state index contributed by atoms with van der Waals surface area (Å²) >= 11 is 0. The summed E-state index contributed by atoms with van der Waals surface area (Å²) in [4.78, 5) is 13.6. The zero-order valence-electron chi connectivity index (χ0n) is 9.83. The minimum absolute atomic E-state index is 0.110. The van der Waals surface area contributed by atoms with Gasteiger partial charge in [0.2, 0.25) is 5.91 Å². The van der Waals surface area contributed by atoms with Crippen molar-refractivity contribution in [3.05, 3.63) is 0 Å². The molecule has 0 aliphatic heterocycles. The van der Waals surface area contributed by atoms with E-state index in [9.17, 15) is 4.79 Å². The predicted molar refractivity (Wildman–Crippen MR) is 61.5 cm³/mol. The van der Waals surface area contributed by atoms with E-state index in [2.05, 4.69) is 17.1 Å². The Kier molecular flexibility index (Phi) is 5.05. The van der Waals surface area contributed by atoms with E-state index in [1.165, 1.54) is 6.42 Å². The molecule has 88 valence electrons. The number of nitrogens with one attached hydrogen (secondary N) is 1. The third kappa shape index (κ3) is 3.80. The van der Waals surface area contributed by atoms with Crippen LogP contribution in [0.1, 0.15) is 32.6 Å². The molecular weight excluding hydrogens is 190 g/mol. The summed E-state index contributed by atoms with van der Waals surface area (Å²) in [6.07, 6.45) is 4.38. The van der Waals surface area contributed by atoms with E-state index in [1.54, 1.807) is 0 Å². The predicted octanol–water partition coefficient (Wildman–Crippen LogP) is 0.324. The fourth-order valence-electron chi connectivity index (χ4n) is 2.18. The van der Waals surface area contributed by atoms with Gasteiger partial charge in [-0.15, -0.1) is 0 Å². The van der Waals surface area contributed by atoms with Crippen LogP contribution in [0.2, 0.25) is 0 Å². The zero-order valence-corrected chi connectivity index (χ0v) is 9.83. The minimum Gasteiger partial charge on any atom is -0.355 e. The van der Waals surface area contributed by atoms with Crippen LogP contribution in [-0.4, -0.2) is 43.0 Å². The highest BCUT2D eigenvalue weighted by molar-refractivity contribution is 5.77. The van der Waals surface area contributed by atoms with Crippen LogP contribution < -0.4 is 11.1 Å². The van der Waals surface area contributed by atoms with Gasteiger partial charge in [-0.25, -0.2) is 0 Å². The molecule has 15 heavy (non-hydrogen) atoms. The largest absolute Gasteiger partial charge is 0.355 e. The quantitative estimate of drug-likeness (QED) is 0.691. The van der Waals surface area contributed by atoms with Gasteiger partial charge in [0.15, 0.2) is 0 Å². The maximum Gasteiger partial charge on any atom is 0.234 e. The lowest BCUT2D eigenvalue weighted by atomic mass is 10.1. The number of hydrogen-bond donors (Lipinski definition) is 2. The molecule has 0 heterocycles. The number of nitrogens with zero attached hydrogens (tertiary/aromatic N) is 1. The first-order valence-electron chi connectivity index (χ1n) is 5.87. The maximum atomic E-state index is 11.5. The second-order valence-corrected chi connectivity index (χ2v) is 4.43. The molecular formula is C11H23N3O. The van der Waals surface area contributed by atoms with Crippen molar-refractivity contribution in [1.82, 2.24) is 10.2 Å². The molecule has 4 nitrogen and oxygen atoms in total. The molecule has 3 N–H and O–H groups in total. The van der Waals surface area contributed by atoms with Crippen LogP contribution in [0.4, 0.5) is 0 Å². The van der Waals surface area contributed by atoms with E-state index in [0.717, 1.165) is 25.8 Å². The van der Waals surface area contributed by atoms with Crippen molar-refractivity contribution in [2.24, 2.45) is 5.73 Å². The molecule has 0 aromatic rings. The Bertz CT molecular complexity index is 208. The summed E-state index contributed by atoms with van der Waals surface area (Å²) in [6, 6.07) is 0.631. The van der Waals surface area contributed by atoms with Gasteiger partial charge in [-0.2, -0.15) is 0 Å². The van der Waals surface area contributed by atoms with E-state index in [0.29, 0.717) is 12.6 Å². The number of carbonyl (C=O) groups excluding carboxylic acids is 1. The van der Waals surface area contributed by atoms with Crippen molar-refractivity contribution >= 4 is 5.91 Å². The van der Waals surface area contributed by atoms with Crippen LogP contribution in [-0.2, 0) is 4.79 Å². The fourth-order valence-corrected chi connectivity index (χ4v) is 2.18. The van der Waals surface area contributed by atoms with Crippen LogP contribution in [0.5, 0.6) is 0 Å². The summed E-state index contributed by atoms with van der Waals surface area (Å²) < 4.78 is 0. The van der Waals surface area contributed by atoms with Gasteiger partial charge in [0.1, 0.15) is 0 Å². The van der Waals surface area contributed by atoms with Gasteiger partial charge >= 0.3 is 0 Å². The first kappa shape index (κ1) is 12.5. The molecule has 1 fully saturated rings. The Balaban J connectivity index is 2.28. The standard InChI is InChI=1S/C11H23N3O/c1-3-7-13-11(15)8-14(2)10-6-4-5-9(10)12/h9-10H,3-8,12H2,1-2H3,(H,13,15). The van der Waals surface area contributed by atoms with Crippen molar-refractivity contribution in [2.45, 2.75) is 44.7 Å². The van der Waals surface area contributed by atoms with Gasteiger partial charge in [-0.05, 0) is 26.3 Å². The van der Waals surface area contributed by atoms with Crippen LogP contribution in [0.25, 0.3) is 0 Å². The van der Waals surface area contributed by atoms with Crippen LogP contribution in [0.15, 0.2) is 0 Å². The average Bonchev–Trinajstić information content (AvgIpc) is 2.61. The number of amides is 1. The summed E-state index contributed by atoms with van der Waals surface area (Å²) in [6.45, 7) is 3.29. The molecule has 1 saturated carbocycles. The molecule has 4 heteroatoms. The van der Waals surface area contributed by atoms with Crippen molar-refractivity contribution in [1.29, 1.82) is 0 Å². The molecule has 0 aromatic heterocycles. The van der Waals surface area contributed by atoms with E-state index >= 15 is 0 Å². The Morgan fingerprint density at radius 3 is 2.80 bits per heavy atom. The summed E-state index contributed by atoms with van der Waals surface area (Å²) in [5.74, 6) is 0.110. The van der Waals surface area contributed by atoms with Crippen molar-refractivity contribution in [2.75, 3.05) is 20.1 Å². The third-order valence-corrected chi connectivity index (χ3v) is 3.06. The van der Waals surface area contributed by atoms with Gasteiger partial charge in [0, 0.05) is 18.6 Å². The normalized spacial score (nSPS) is 25.9. The van der Waals surface area contributed by atoms with E-state index in [1.807, 2.05) is 7.05 Å². The first-order valence-corrected chi connectivity index (χ1v) is 5.87. The molecule has 0 spiro atoms. The molecule has 1 amide bonds. The Morgan fingerprint density at radius 1 is 1.53 bits per heavy atom. The second-order valence-electron chi connectivity index (χ2n) is 4.43. The fraction of sp³-hybridized carbons (Fsp3) is 0.909.